The van der Waals surface area contributed by atoms with Crippen LogP contribution in [0.15, 0.2) is 71.8 Å². The molecule has 0 amide bonds. The van der Waals surface area contributed by atoms with E-state index in [9.17, 15) is 23.7 Å². The molecule has 3 heterocycles. The van der Waals surface area contributed by atoms with E-state index in [4.69, 9.17) is 17.3 Å². The van der Waals surface area contributed by atoms with Gasteiger partial charge in [-0.2, -0.15) is 9.97 Å². The molecular weight excluding hydrogens is 556 g/mol. The van der Waals surface area contributed by atoms with Crippen LogP contribution in [0.3, 0.4) is 0 Å². The van der Waals surface area contributed by atoms with Crippen molar-refractivity contribution < 1.29 is 23.7 Å². The number of benzene rings is 2. The van der Waals surface area contributed by atoms with Gasteiger partial charge in [0, 0.05) is 26.3 Å². The van der Waals surface area contributed by atoms with Gasteiger partial charge in [-0.25, -0.2) is 12.4 Å². The number of nitrogens with zero attached hydrogens (tertiary/aromatic N) is 5. The van der Waals surface area contributed by atoms with E-state index in [0.29, 0.717) is 0 Å². The van der Waals surface area contributed by atoms with Gasteiger partial charge in [0.05, 0.1) is 10.3 Å². The maximum absolute atomic E-state index is 13.5. The van der Waals surface area contributed by atoms with Gasteiger partial charge in [0.1, 0.15) is 11.4 Å². The highest BCUT2D eigenvalue weighted by Gasteiger charge is 2.67. The molecule has 0 radical (unpaired) electrons. The molecule has 0 spiro atoms. The second-order valence-electron chi connectivity index (χ2n) is 10.4. The molecule has 11 nitrogen and oxygen atoms in total. The van der Waals surface area contributed by atoms with Crippen molar-refractivity contribution in [3.63, 3.8) is 0 Å². The molecule has 0 saturated carbocycles. The van der Waals surface area contributed by atoms with Crippen molar-refractivity contribution in [1.82, 2.24) is 18.8 Å². The number of piperidine rings is 1. The van der Waals surface area contributed by atoms with Crippen molar-refractivity contribution in [3.05, 3.63) is 83.3 Å². The van der Waals surface area contributed by atoms with E-state index in [0.717, 1.165) is 20.0 Å². The zero-order chi connectivity index (χ0) is 29.1. The number of aryl methyl sites for hydroxylation is 1. The summed E-state index contributed by atoms with van der Waals surface area (Å²) < 4.78 is 27.9. The zero-order valence-electron chi connectivity index (χ0n) is 22.2. The first-order chi connectivity index (χ1) is 18.7. The van der Waals surface area contributed by atoms with Gasteiger partial charge in [-0.05, 0) is 55.6 Å². The summed E-state index contributed by atoms with van der Waals surface area (Å²) in [7, 11) is -2.68. The molecule has 1 aliphatic heterocycles. The lowest BCUT2D eigenvalue weighted by atomic mass is 9.78. The van der Waals surface area contributed by atoms with Gasteiger partial charge < -0.3 is 20.2 Å². The molecule has 2 aromatic carbocycles. The van der Waals surface area contributed by atoms with Crippen LogP contribution in [0.4, 0.5) is 5.82 Å². The third kappa shape index (κ3) is 4.36. The molecule has 4 aromatic rings. The van der Waals surface area contributed by atoms with Gasteiger partial charge >= 0.3 is 0 Å². The number of hydrogen-bond donors (Lipinski definition) is 4. The van der Waals surface area contributed by atoms with Gasteiger partial charge in [0.25, 0.3) is 10.0 Å². The average molecular weight is 587 g/mol. The highest BCUT2D eigenvalue weighted by Crippen LogP contribution is 2.45. The lowest BCUT2D eigenvalue weighted by Crippen LogP contribution is -2.85. The van der Waals surface area contributed by atoms with Crippen LogP contribution in [-0.4, -0.2) is 73.3 Å². The van der Waals surface area contributed by atoms with E-state index in [2.05, 4.69) is 9.97 Å². The number of halogens is 1. The molecule has 40 heavy (non-hydrogen) atoms. The van der Waals surface area contributed by atoms with Crippen LogP contribution in [0.1, 0.15) is 24.5 Å². The smallest absolute Gasteiger partial charge is 0.269 e. The molecule has 2 aromatic heterocycles. The fourth-order valence-corrected chi connectivity index (χ4v) is 6.76. The number of rotatable bonds is 6. The first-order valence-corrected chi connectivity index (χ1v) is 14.4. The fourth-order valence-electron chi connectivity index (χ4n) is 5.30. The van der Waals surface area contributed by atoms with Gasteiger partial charge in [-0.15, -0.1) is 0 Å². The lowest BCUT2D eigenvalue weighted by Gasteiger charge is -2.60. The van der Waals surface area contributed by atoms with Crippen molar-refractivity contribution in [2.75, 3.05) is 18.5 Å². The number of nitrogens with two attached hydrogens (primary N) is 1. The van der Waals surface area contributed by atoms with Crippen LogP contribution < -0.4 is 10.6 Å². The Kier molecular flexibility index (Phi) is 6.94. The molecule has 5 N–H and O–H groups in total. The Morgan fingerprint density at radius 3 is 2.35 bits per heavy atom. The normalized spacial score (nSPS) is 25.8. The maximum atomic E-state index is 13.5. The van der Waals surface area contributed by atoms with Crippen molar-refractivity contribution in [3.8, 4) is 0 Å². The van der Waals surface area contributed by atoms with Gasteiger partial charge in [0.15, 0.2) is 5.65 Å². The monoisotopic (exact) mass is 586 g/mol. The number of anilines is 1. The molecule has 0 aliphatic carbocycles. The topological polar surface area (TPSA) is 158 Å². The second kappa shape index (κ2) is 9.77. The number of aliphatic hydroxyl groups is 3. The van der Waals surface area contributed by atoms with E-state index in [1.165, 1.54) is 43.3 Å². The second-order valence-corrected chi connectivity index (χ2v) is 12.5. The highest BCUT2D eigenvalue weighted by atomic mass is 35.5. The highest BCUT2D eigenvalue weighted by molar-refractivity contribution is 7.90. The predicted molar refractivity (Wildman–Crippen MR) is 151 cm³/mol. The molecule has 5 rings (SSSR count). The summed E-state index contributed by atoms with van der Waals surface area (Å²) in [6.07, 6.45) is 1.35. The van der Waals surface area contributed by atoms with Gasteiger partial charge in [-0.1, -0.05) is 48.0 Å². The zero-order valence-corrected chi connectivity index (χ0v) is 23.8. The van der Waals surface area contributed by atoms with Crippen LogP contribution >= 0.6 is 11.6 Å². The summed E-state index contributed by atoms with van der Waals surface area (Å²) in [5.41, 5.74) is 3.68. The van der Waals surface area contributed by atoms with Crippen LogP contribution in [0, 0.1) is 6.92 Å². The SMILES string of the molecule is Cc1ccc(S(=O)(=O)n2ccc3c(N(C)C4(O)C(C)(O)CCN(Cc5ccccc5)C4(N)O)nc(Cl)nc32)cc1. The lowest BCUT2D eigenvalue weighted by molar-refractivity contribution is -0.317. The van der Waals surface area contributed by atoms with E-state index in [-0.39, 0.29) is 46.5 Å². The largest absolute Gasteiger partial charge is 0.385 e. The minimum absolute atomic E-state index is 0.0407. The van der Waals surface area contributed by atoms with Crippen LogP contribution in [0.2, 0.25) is 5.28 Å². The molecule has 212 valence electrons. The average Bonchev–Trinajstić information content (AvgIpc) is 3.34. The Hall–Kier alpha value is -3.10. The summed E-state index contributed by atoms with van der Waals surface area (Å²) in [5.74, 6) is -2.53. The molecule has 3 atom stereocenters. The van der Waals surface area contributed by atoms with E-state index in [1.807, 2.05) is 37.3 Å². The molecule has 1 aliphatic rings. The maximum Gasteiger partial charge on any atom is 0.269 e. The number of fused-ring (bicyclic) bond motifs is 1. The molecule has 3 unspecified atom stereocenters. The van der Waals surface area contributed by atoms with Crippen LogP contribution in [-0.2, 0) is 16.6 Å². The van der Waals surface area contributed by atoms with Gasteiger partial charge in [-0.3, -0.25) is 10.6 Å². The Morgan fingerprint density at radius 1 is 1.05 bits per heavy atom. The predicted octanol–water partition coefficient (Wildman–Crippen LogP) is 2.02. The third-order valence-corrected chi connectivity index (χ3v) is 9.52. The Balaban J connectivity index is 1.62. The summed E-state index contributed by atoms with van der Waals surface area (Å²) >= 11 is 6.27. The van der Waals surface area contributed by atoms with Gasteiger partial charge in [0.2, 0.25) is 16.9 Å². The van der Waals surface area contributed by atoms with E-state index in [1.54, 1.807) is 12.1 Å². The molecule has 13 heteroatoms. The summed E-state index contributed by atoms with van der Waals surface area (Å²) in [6.45, 7) is 3.58. The van der Waals surface area contributed by atoms with Crippen molar-refractivity contribution >= 4 is 38.5 Å². The van der Waals surface area contributed by atoms with Crippen molar-refractivity contribution in [2.24, 2.45) is 5.73 Å². The minimum Gasteiger partial charge on any atom is -0.385 e. The minimum atomic E-state index is -4.07. The Bertz CT molecular complexity index is 1660. The first kappa shape index (κ1) is 28.4. The summed E-state index contributed by atoms with van der Waals surface area (Å²) in [5, 5.41) is 35.2. The molecular formula is C27H31ClN6O5S. The van der Waals surface area contributed by atoms with E-state index < -0.39 is 27.2 Å². The molecule has 1 saturated heterocycles. The Morgan fingerprint density at radius 2 is 1.70 bits per heavy atom. The number of hydrogen-bond acceptors (Lipinski definition) is 10. The molecule has 1 fully saturated rings. The molecule has 0 bridgehead atoms. The number of likely N-dealkylation sites (N-methyl/N-ethyl adjacent to an activating group) is 1. The summed E-state index contributed by atoms with van der Waals surface area (Å²) in [6, 6.07) is 17.1. The summed E-state index contributed by atoms with van der Waals surface area (Å²) in [4.78, 5) is 11.1. The Labute approximate surface area is 237 Å². The van der Waals surface area contributed by atoms with Crippen LogP contribution in [0.25, 0.3) is 11.0 Å². The number of aromatic nitrogens is 3. The standard InChI is InChI=1S/C27H31ClN6O5S/c1-18-9-11-20(12-10-18)40(38,39)34-15-13-21-22(30-24(28)31-23(21)34)32(3)26(36)25(2,35)14-16-33(27(26,29)37)17-19-7-5-4-6-8-19/h4-13,15,35-37H,14,16-17,29H2,1-3H3. The van der Waals surface area contributed by atoms with Crippen molar-refractivity contribution in [2.45, 2.75) is 48.9 Å². The fraction of sp³-hybridized carbons (Fsp3) is 0.333. The van der Waals surface area contributed by atoms with Crippen molar-refractivity contribution in [1.29, 1.82) is 0 Å². The number of likely N-dealkylation sites (tertiary alicyclic amines) is 1. The van der Waals surface area contributed by atoms with Crippen LogP contribution in [0.5, 0.6) is 0 Å². The first-order valence-electron chi connectivity index (χ1n) is 12.6. The quantitative estimate of drug-likeness (QED) is 0.194. The van der Waals surface area contributed by atoms with E-state index >= 15 is 0 Å². The third-order valence-electron chi connectivity index (χ3n) is 7.68.